The molecule has 0 radical (unpaired) electrons. The smallest absolute Gasteiger partial charge is 0.262 e. The topological polar surface area (TPSA) is 64.0 Å². The molecule has 1 aromatic heterocycles. The normalized spacial score (nSPS) is 16.8. The lowest BCUT2D eigenvalue weighted by Crippen LogP contribution is -2.36. The fourth-order valence-corrected chi connectivity index (χ4v) is 5.01. The first-order valence-corrected chi connectivity index (χ1v) is 11.5. The minimum atomic E-state index is -0.352. The van der Waals surface area contributed by atoms with E-state index in [1.807, 2.05) is 44.2 Å². The van der Waals surface area contributed by atoms with Crippen molar-refractivity contribution in [3.63, 3.8) is 0 Å². The Balaban J connectivity index is 1.56. The molecule has 30 heavy (non-hydrogen) atoms. The molecule has 0 saturated carbocycles. The van der Waals surface area contributed by atoms with Crippen molar-refractivity contribution in [2.45, 2.75) is 62.5 Å². The molecule has 1 amide bonds. The molecule has 2 atom stereocenters. The van der Waals surface area contributed by atoms with Gasteiger partial charge >= 0.3 is 0 Å². The van der Waals surface area contributed by atoms with Crippen molar-refractivity contribution in [2.75, 3.05) is 0 Å². The third-order valence-corrected chi connectivity index (χ3v) is 6.70. The first-order valence-electron chi connectivity index (χ1n) is 10.6. The van der Waals surface area contributed by atoms with Crippen LogP contribution in [0.3, 0.4) is 0 Å². The van der Waals surface area contributed by atoms with Crippen molar-refractivity contribution in [1.29, 1.82) is 0 Å². The second-order valence-corrected chi connectivity index (χ2v) is 9.09. The quantitative estimate of drug-likeness (QED) is 0.471. The zero-order valence-corrected chi connectivity index (χ0v) is 18.2. The third kappa shape index (κ3) is 4.15. The van der Waals surface area contributed by atoms with E-state index in [0.29, 0.717) is 22.6 Å². The molecule has 0 bridgehead atoms. The van der Waals surface area contributed by atoms with Crippen LogP contribution in [0.5, 0.6) is 0 Å². The van der Waals surface area contributed by atoms with Crippen molar-refractivity contribution >= 4 is 28.6 Å². The Morgan fingerprint density at radius 2 is 2.00 bits per heavy atom. The van der Waals surface area contributed by atoms with Crippen molar-refractivity contribution in [2.24, 2.45) is 0 Å². The molecule has 0 unspecified atom stereocenters. The van der Waals surface area contributed by atoms with Gasteiger partial charge in [-0.2, -0.15) is 0 Å². The SMILES string of the molecule is CCCn1c(S[C@H](C)C(=O)N[C@@H]2CCCc3ccccc32)nc2ccccc2c1=O. The Morgan fingerprint density at radius 3 is 2.83 bits per heavy atom. The predicted molar refractivity (Wildman–Crippen MR) is 122 cm³/mol. The Hall–Kier alpha value is -2.60. The van der Waals surface area contributed by atoms with E-state index in [1.165, 1.54) is 22.9 Å². The molecule has 0 aliphatic heterocycles. The van der Waals surface area contributed by atoms with Crippen molar-refractivity contribution < 1.29 is 4.79 Å². The minimum absolute atomic E-state index is 0.0211. The molecule has 5 nitrogen and oxygen atoms in total. The number of fused-ring (bicyclic) bond motifs is 2. The summed E-state index contributed by atoms with van der Waals surface area (Å²) in [7, 11) is 0. The summed E-state index contributed by atoms with van der Waals surface area (Å²) in [5.41, 5.74) is 3.17. The number of rotatable bonds is 6. The highest BCUT2D eigenvalue weighted by Gasteiger charge is 2.25. The zero-order valence-electron chi connectivity index (χ0n) is 17.4. The minimum Gasteiger partial charge on any atom is -0.348 e. The first kappa shape index (κ1) is 20.7. The van der Waals surface area contributed by atoms with Crippen LogP contribution in [0.4, 0.5) is 0 Å². The molecule has 1 heterocycles. The van der Waals surface area contributed by atoms with E-state index in [2.05, 4.69) is 23.5 Å². The van der Waals surface area contributed by atoms with Crippen LogP contribution in [0.1, 0.15) is 50.3 Å². The summed E-state index contributed by atoms with van der Waals surface area (Å²) >= 11 is 1.36. The largest absolute Gasteiger partial charge is 0.348 e. The van der Waals surface area contributed by atoms with Crippen LogP contribution in [-0.4, -0.2) is 20.7 Å². The Labute approximate surface area is 180 Å². The van der Waals surface area contributed by atoms with Crippen LogP contribution >= 0.6 is 11.8 Å². The number of carbonyl (C=O) groups excluding carboxylic acids is 1. The summed E-state index contributed by atoms with van der Waals surface area (Å²) in [5, 5.41) is 4.09. The maximum absolute atomic E-state index is 13.0. The summed E-state index contributed by atoms with van der Waals surface area (Å²) in [5.74, 6) is -0.0211. The number of carbonyl (C=O) groups is 1. The summed E-state index contributed by atoms with van der Waals surface area (Å²) in [6.45, 7) is 4.50. The number of benzene rings is 2. The third-order valence-electron chi connectivity index (χ3n) is 5.61. The first-order chi connectivity index (χ1) is 14.6. The average molecular weight is 422 g/mol. The Morgan fingerprint density at radius 1 is 1.23 bits per heavy atom. The van der Waals surface area contributed by atoms with Gasteiger partial charge in [-0.3, -0.25) is 14.2 Å². The molecule has 0 saturated heterocycles. The van der Waals surface area contributed by atoms with Crippen molar-refractivity contribution in [3.8, 4) is 0 Å². The lowest BCUT2D eigenvalue weighted by Gasteiger charge is -2.27. The summed E-state index contributed by atoms with van der Waals surface area (Å²) in [6, 6.07) is 15.8. The van der Waals surface area contributed by atoms with E-state index in [9.17, 15) is 9.59 Å². The fourth-order valence-electron chi connectivity index (χ4n) is 4.06. The van der Waals surface area contributed by atoms with Gasteiger partial charge in [-0.15, -0.1) is 0 Å². The number of nitrogens with one attached hydrogen (secondary N) is 1. The maximum atomic E-state index is 13.0. The summed E-state index contributed by atoms with van der Waals surface area (Å²) < 4.78 is 1.70. The Bertz CT molecular complexity index is 1120. The van der Waals surface area contributed by atoms with Gasteiger partial charge in [-0.1, -0.05) is 55.1 Å². The van der Waals surface area contributed by atoms with Crippen LogP contribution in [0.25, 0.3) is 10.9 Å². The van der Waals surface area contributed by atoms with Crippen LogP contribution in [-0.2, 0) is 17.8 Å². The lowest BCUT2D eigenvalue weighted by molar-refractivity contribution is -0.121. The maximum Gasteiger partial charge on any atom is 0.262 e. The standard InChI is InChI=1S/C24H27N3O2S/c1-3-15-27-23(29)19-12-6-7-13-21(19)26-24(27)30-16(2)22(28)25-20-14-8-10-17-9-4-5-11-18(17)20/h4-7,9,11-13,16,20H,3,8,10,14-15H2,1-2H3,(H,25,28)/t16-,20-/m1/s1. The Kier molecular flexibility index (Phi) is 6.23. The number of aryl methyl sites for hydroxylation is 1. The van der Waals surface area contributed by atoms with Gasteiger partial charge < -0.3 is 5.32 Å². The molecule has 1 N–H and O–H groups in total. The van der Waals surface area contributed by atoms with Crippen LogP contribution in [0, 0.1) is 0 Å². The van der Waals surface area contributed by atoms with E-state index < -0.39 is 0 Å². The summed E-state index contributed by atoms with van der Waals surface area (Å²) in [6.07, 6.45) is 3.92. The lowest BCUT2D eigenvalue weighted by atomic mass is 9.88. The number of aromatic nitrogens is 2. The molecule has 0 spiro atoms. The highest BCUT2D eigenvalue weighted by molar-refractivity contribution is 8.00. The van der Waals surface area contributed by atoms with Crippen LogP contribution < -0.4 is 10.9 Å². The van der Waals surface area contributed by atoms with Gasteiger partial charge in [-0.25, -0.2) is 4.98 Å². The number of hydrogen-bond acceptors (Lipinski definition) is 4. The highest BCUT2D eigenvalue weighted by Crippen LogP contribution is 2.30. The zero-order chi connectivity index (χ0) is 21.1. The molecule has 4 rings (SSSR count). The molecule has 0 fully saturated rings. The van der Waals surface area contributed by atoms with E-state index in [4.69, 9.17) is 4.98 Å². The second-order valence-electron chi connectivity index (χ2n) is 7.78. The highest BCUT2D eigenvalue weighted by atomic mass is 32.2. The van der Waals surface area contributed by atoms with Gasteiger partial charge in [0, 0.05) is 6.54 Å². The number of para-hydroxylation sites is 1. The monoisotopic (exact) mass is 421 g/mol. The second kappa shape index (κ2) is 9.04. The molecular formula is C24H27N3O2S. The number of nitrogens with zero attached hydrogens (tertiary/aromatic N) is 2. The molecular weight excluding hydrogens is 394 g/mol. The average Bonchev–Trinajstić information content (AvgIpc) is 2.76. The number of amides is 1. The predicted octanol–water partition coefficient (Wildman–Crippen LogP) is 4.48. The van der Waals surface area contributed by atoms with Crippen LogP contribution in [0.15, 0.2) is 58.5 Å². The van der Waals surface area contributed by atoms with E-state index >= 15 is 0 Å². The molecule has 156 valence electrons. The number of thioether (sulfide) groups is 1. The van der Waals surface area contributed by atoms with Gasteiger partial charge in [0.1, 0.15) is 0 Å². The van der Waals surface area contributed by atoms with Gasteiger partial charge in [-0.05, 0) is 55.9 Å². The molecule has 1 aliphatic carbocycles. The van der Waals surface area contributed by atoms with E-state index in [1.54, 1.807) is 4.57 Å². The van der Waals surface area contributed by atoms with Gasteiger partial charge in [0.25, 0.3) is 5.56 Å². The van der Waals surface area contributed by atoms with Gasteiger partial charge in [0.2, 0.25) is 5.91 Å². The fraction of sp³-hybridized carbons (Fsp3) is 0.375. The van der Waals surface area contributed by atoms with E-state index in [0.717, 1.165) is 25.7 Å². The van der Waals surface area contributed by atoms with Gasteiger partial charge in [0.15, 0.2) is 5.16 Å². The molecule has 3 aromatic rings. The number of hydrogen-bond donors (Lipinski definition) is 1. The molecule has 1 aliphatic rings. The molecule has 2 aromatic carbocycles. The van der Waals surface area contributed by atoms with Crippen molar-refractivity contribution in [3.05, 3.63) is 70.0 Å². The van der Waals surface area contributed by atoms with Gasteiger partial charge in [0.05, 0.1) is 22.2 Å². The van der Waals surface area contributed by atoms with Crippen LogP contribution in [0.2, 0.25) is 0 Å². The summed E-state index contributed by atoms with van der Waals surface area (Å²) in [4.78, 5) is 30.7. The van der Waals surface area contributed by atoms with Crippen molar-refractivity contribution in [1.82, 2.24) is 14.9 Å². The van der Waals surface area contributed by atoms with E-state index in [-0.39, 0.29) is 22.8 Å². The molecule has 6 heteroatoms.